The fourth-order valence-corrected chi connectivity index (χ4v) is 4.35. The van der Waals surface area contributed by atoms with Crippen LogP contribution >= 0.6 is 0 Å². The van der Waals surface area contributed by atoms with Gasteiger partial charge in [-0.1, -0.05) is 38.1 Å². The lowest BCUT2D eigenvalue weighted by atomic mass is 10.0. The molecule has 0 aromatic heterocycles. The van der Waals surface area contributed by atoms with Crippen molar-refractivity contribution in [3.05, 3.63) is 54.1 Å². The standard InChI is InChI=1S/C22H30N2O5S/c1-16(2)21(23-30(26,27)18-9-7-6-8-10-18)22(25)24(3)14-13-17-11-12-19(28-4)20(15-17)29-5/h6-12,15-16,21,23H,13-14H2,1-5H3. The number of carbonyl (C=O) groups is 1. The highest BCUT2D eigenvalue weighted by Crippen LogP contribution is 2.27. The minimum atomic E-state index is -3.79. The maximum atomic E-state index is 13.0. The first-order valence-corrected chi connectivity index (χ1v) is 11.2. The second-order valence-electron chi connectivity index (χ2n) is 7.36. The lowest BCUT2D eigenvalue weighted by Crippen LogP contribution is -2.50. The maximum Gasteiger partial charge on any atom is 0.241 e. The van der Waals surface area contributed by atoms with Crippen molar-refractivity contribution < 1.29 is 22.7 Å². The average Bonchev–Trinajstić information content (AvgIpc) is 2.75. The Hall–Kier alpha value is -2.58. The molecule has 164 valence electrons. The zero-order chi connectivity index (χ0) is 22.3. The topological polar surface area (TPSA) is 84.9 Å². The van der Waals surface area contributed by atoms with E-state index >= 15 is 0 Å². The normalized spacial score (nSPS) is 12.5. The number of sulfonamides is 1. The summed E-state index contributed by atoms with van der Waals surface area (Å²) in [5.41, 5.74) is 0.985. The van der Waals surface area contributed by atoms with Crippen molar-refractivity contribution in [3.8, 4) is 11.5 Å². The summed E-state index contributed by atoms with van der Waals surface area (Å²) in [6.45, 7) is 4.07. The van der Waals surface area contributed by atoms with Gasteiger partial charge in [-0.3, -0.25) is 4.79 Å². The zero-order valence-corrected chi connectivity index (χ0v) is 18.9. The molecule has 1 N–H and O–H groups in total. The summed E-state index contributed by atoms with van der Waals surface area (Å²) in [6.07, 6.45) is 0.596. The number of hydrogen-bond acceptors (Lipinski definition) is 5. The van der Waals surface area contributed by atoms with Gasteiger partial charge in [0.1, 0.15) is 6.04 Å². The molecule has 0 saturated heterocycles. The van der Waals surface area contributed by atoms with Crippen LogP contribution in [0.2, 0.25) is 0 Å². The molecule has 2 aromatic rings. The monoisotopic (exact) mass is 434 g/mol. The fraction of sp³-hybridized carbons (Fsp3) is 0.409. The van der Waals surface area contributed by atoms with Crippen LogP contribution in [0, 0.1) is 5.92 Å². The first-order valence-electron chi connectivity index (χ1n) is 9.73. The van der Waals surface area contributed by atoms with E-state index in [1.807, 2.05) is 32.0 Å². The summed E-state index contributed by atoms with van der Waals surface area (Å²) >= 11 is 0. The Morgan fingerprint density at radius 1 is 1.03 bits per heavy atom. The SMILES string of the molecule is COc1ccc(CCN(C)C(=O)C(NS(=O)(=O)c2ccccc2)C(C)C)cc1OC. The molecule has 0 aliphatic heterocycles. The Balaban J connectivity index is 2.08. The first kappa shape index (κ1) is 23.7. The van der Waals surface area contributed by atoms with E-state index in [1.54, 1.807) is 44.4 Å². The second-order valence-corrected chi connectivity index (χ2v) is 9.07. The number of rotatable bonds is 10. The average molecular weight is 435 g/mol. The van der Waals surface area contributed by atoms with E-state index < -0.39 is 16.1 Å². The van der Waals surface area contributed by atoms with Gasteiger partial charge in [-0.2, -0.15) is 4.72 Å². The molecular weight excluding hydrogens is 404 g/mol. The van der Waals surface area contributed by atoms with Gasteiger partial charge in [-0.05, 0) is 42.2 Å². The van der Waals surface area contributed by atoms with Crippen molar-refractivity contribution in [2.45, 2.75) is 31.2 Å². The Kier molecular flexibility index (Phi) is 8.25. The zero-order valence-electron chi connectivity index (χ0n) is 18.1. The molecule has 7 nitrogen and oxygen atoms in total. The molecule has 2 rings (SSSR count). The third kappa shape index (κ3) is 5.96. The molecule has 0 aliphatic carbocycles. The molecule has 0 fully saturated rings. The summed E-state index contributed by atoms with van der Waals surface area (Å²) in [5.74, 6) is 0.782. The predicted octanol–water partition coefficient (Wildman–Crippen LogP) is 2.71. The van der Waals surface area contributed by atoms with Crippen LogP contribution in [0.25, 0.3) is 0 Å². The summed E-state index contributed by atoms with van der Waals surface area (Å²) in [5, 5.41) is 0. The third-order valence-corrected chi connectivity index (χ3v) is 6.29. The fourth-order valence-electron chi connectivity index (χ4n) is 2.99. The number of likely N-dealkylation sites (N-methyl/N-ethyl adjacent to an activating group) is 1. The minimum Gasteiger partial charge on any atom is -0.493 e. The Morgan fingerprint density at radius 3 is 2.23 bits per heavy atom. The van der Waals surface area contributed by atoms with Gasteiger partial charge in [0.05, 0.1) is 19.1 Å². The van der Waals surface area contributed by atoms with Crippen LogP contribution < -0.4 is 14.2 Å². The van der Waals surface area contributed by atoms with E-state index in [2.05, 4.69) is 4.72 Å². The van der Waals surface area contributed by atoms with E-state index in [4.69, 9.17) is 9.47 Å². The number of nitrogens with one attached hydrogen (secondary N) is 1. The van der Waals surface area contributed by atoms with E-state index in [1.165, 1.54) is 12.1 Å². The molecule has 0 spiro atoms. The summed E-state index contributed by atoms with van der Waals surface area (Å²) < 4.78 is 38.5. The van der Waals surface area contributed by atoms with Crippen LogP contribution in [0.15, 0.2) is 53.4 Å². The van der Waals surface area contributed by atoms with Crippen molar-refractivity contribution in [2.24, 2.45) is 5.92 Å². The molecule has 0 aliphatic rings. The van der Waals surface area contributed by atoms with Crippen LogP contribution in [0.3, 0.4) is 0 Å². The highest BCUT2D eigenvalue weighted by atomic mass is 32.2. The number of benzene rings is 2. The lowest BCUT2D eigenvalue weighted by molar-refractivity contribution is -0.132. The molecule has 1 unspecified atom stereocenters. The maximum absolute atomic E-state index is 13.0. The van der Waals surface area contributed by atoms with Crippen molar-refractivity contribution in [2.75, 3.05) is 27.8 Å². The number of carbonyl (C=O) groups excluding carboxylic acids is 1. The van der Waals surface area contributed by atoms with Gasteiger partial charge in [0.2, 0.25) is 15.9 Å². The Labute approximate surface area is 179 Å². The van der Waals surface area contributed by atoms with E-state index in [-0.39, 0.29) is 16.7 Å². The molecule has 1 atom stereocenters. The number of hydrogen-bond donors (Lipinski definition) is 1. The van der Waals surface area contributed by atoms with Crippen molar-refractivity contribution >= 4 is 15.9 Å². The molecule has 8 heteroatoms. The van der Waals surface area contributed by atoms with Crippen LogP contribution in [0.5, 0.6) is 11.5 Å². The van der Waals surface area contributed by atoms with Crippen LogP contribution in [0.1, 0.15) is 19.4 Å². The summed E-state index contributed by atoms with van der Waals surface area (Å²) in [6, 6.07) is 12.8. The quantitative estimate of drug-likeness (QED) is 0.622. The van der Waals surface area contributed by atoms with Gasteiger partial charge in [-0.25, -0.2) is 8.42 Å². The second kappa shape index (κ2) is 10.4. The van der Waals surface area contributed by atoms with Gasteiger partial charge in [0.15, 0.2) is 11.5 Å². The molecule has 0 bridgehead atoms. The summed E-state index contributed by atoms with van der Waals surface area (Å²) in [4.78, 5) is 14.7. The number of amides is 1. The lowest BCUT2D eigenvalue weighted by Gasteiger charge is -2.27. The van der Waals surface area contributed by atoms with Gasteiger partial charge in [-0.15, -0.1) is 0 Å². The number of methoxy groups -OCH3 is 2. The van der Waals surface area contributed by atoms with Crippen LogP contribution in [-0.2, 0) is 21.2 Å². The molecule has 0 saturated carbocycles. The third-order valence-electron chi connectivity index (χ3n) is 4.83. The highest BCUT2D eigenvalue weighted by Gasteiger charge is 2.30. The van der Waals surface area contributed by atoms with Gasteiger partial charge in [0, 0.05) is 13.6 Å². The molecule has 0 heterocycles. The predicted molar refractivity (Wildman–Crippen MR) is 116 cm³/mol. The molecule has 2 aromatic carbocycles. The number of ether oxygens (including phenoxy) is 2. The van der Waals surface area contributed by atoms with Crippen molar-refractivity contribution in [3.63, 3.8) is 0 Å². The van der Waals surface area contributed by atoms with Crippen molar-refractivity contribution in [1.29, 1.82) is 0 Å². The van der Waals surface area contributed by atoms with E-state index in [9.17, 15) is 13.2 Å². The molecule has 30 heavy (non-hydrogen) atoms. The smallest absolute Gasteiger partial charge is 0.241 e. The Bertz CT molecular complexity index is 945. The van der Waals surface area contributed by atoms with Gasteiger partial charge >= 0.3 is 0 Å². The molecule has 0 radical (unpaired) electrons. The van der Waals surface area contributed by atoms with Gasteiger partial charge in [0.25, 0.3) is 0 Å². The minimum absolute atomic E-state index is 0.136. The Morgan fingerprint density at radius 2 is 1.67 bits per heavy atom. The van der Waals surface area contributed by atoms with Crippen LogP contribution in [-0.4, -0.2) is 53.1 Å². The summed E-state index contributed by atoms with van der Waals surface area (Å²) in [7, 11) is 1.03. The number of nitrogens with zero attached hydrogens (tertiary/aromatic N) is 1. The van der Waals surface area contributed by atoms with E-state index in [0.717, 1.165) is 5.56 Å². The van der Waals surface area contributed by atoms with E-state index in [0.29, 0.717) is 24.5 Å². The van der Waals surface area contributed by atoms with Crippen LogP contribution in [0.4, 0.5) is 0 Å². The first-order chi connectivity index (χ1) is 14.2. The highest BCUT2D eigenvalue weighted by molar-refractivity contribution is 7.89. The van der Waals surface area contributed by atoms with Crippen molar-refractivity contribution in [1.82, 2.24) is 9.62 Å². The van der Waals surface area contributed by atoms with Gasteiger partial charge < -0.3 is 14.4 Å². The largest absolute Gasteiger partial charge is 0.493 e. The molecule has 1 amide bonds. The molecular formula is C22H30N2O5S.